The van der Waals surface area contributed by atoms with Gasteiger partial charge in [0.1, 0.15) is 0 Å². The zero-order valence-corrected chi connectivity index (χ0v) is 33.2. The van der Waals surface area contributed by atoms with Gasteiger partial charge in [0.15, 0.2) is 0 Å². The van der Waals surface area contributed by atoms with Crippen molar-refractivity contribution in [3.05, 3.63) is 71.9 Å². The minimum Gasteiger partial charge on any atom is -0.374 e. The van der Waals surface area contributed by atoms with E-state index in [0.29, 0.717) is 19.8 Å². The molecule has 0 N–H and O–H groups in total. The molecule has 0 radical (unpaired) electrons. The summed E-state index contributed by atoms with van der Waals surface area (Å²) in [6.45, 7) is 35.4. The van der Waals surface area contributed by atoms with Crippen LogP contribution in [0.25, 0.3) is 0 Å². The average Bonchev–Trinajstić information content (AvgIpc) is 3.10. The first-order chi connectivity index (χ1) is 15.8. The smallest absolute Gasteiger partial charge is 0.374 e. The Balaban J connectivity index is -0.00000144. The molecule has 0 heterocycles. The molecule has 0 aromatic heterocycles. The topological polar surface area (TPSA) is 27.7 Å². The first-order valence-electron chi connectivity index (χ1n) is 12.9. The van der Waals surface area contributed by atoms with Gasteiger partial charge in [-0.15, -0.1) is 19.7 Å². The standard InChI is InChI=1S/C27H51O3Si4.3CH3.Pt/c1-13-19-31(7,8)25-22-24(23-34(28-16-4,29-17-5)30-18-6)26(32(9,10)20-14-2)27(25)33(11,12)21-15-3;;;;/h13-15,22H,1-3,16-21,23H2,4-12H3;3*1H3;/q4*-1;+4. The van der Waals surface area contributed by atoms with E-state index >= 15 is 0 Å². The van der Waals surface area contributed by atoms with Gasteiger partial charge < -0.3 is 35.6 Å². The molecule has 1 aromatic carbocycles. The summed E-state index contributed by atoms with van der Waals surface area (Å²) in [5.74, 6) is 0. The van der Waals surface area contributed by atoms with Crippen molar-refractivity contribution in [2.24, 2.45) is 0 Å². The molecule has 3 nitrogen and oxygen atoms in total. The van der Waals surface area contributed by atoms with Gasteiger partial charge in [0.25, 0.3) is 0 Å². The van der Waals surface area contributed by atoms with Crippen LogP contribution < -0.4 is 15.6 Å². The van der Waals surface area contributed by atoms with E-state index in [4.69, 9.17) is 13.3 Å². The summed E-state index contributed by atoms with van der Waals surface area (Å²) in [7, 11) is -8.18. The molecule has 8 heteroatoms. The monoisotopic (exact) mass is 775 g/mol. The molecule has 0 atom stereocenters. The quantitative estimate of drug-likeness (QED) is 0.0954. The van der Waals surface area contributed by atoms with Gasteiger partial charge in [-0.1, -0.05) is 57.5 Å². The van der Waals surface area contributed by atoms with Gasteiger partial charge >= 0.3 is 29.9 Å². The summed E-state index contributed by atoms with van der Waals surface area (Å²) >= 11 is 0. The number of rotatable bonds is 17. The molecule has 0 fully saturated rings. The van der Waals surface area contributed by atoms with Crippen molar-refractivity contribution in [1.82, 2.24) is 0 Å². The Morgan fingerprint density at radius 1 is 0.711 bits per heavy atom. The fraction of sp³-hybridized carbons (Fsp3) is 0.533. The summed E-state index contributed by atoms with van der Waals surface area (Å²) in [6.07, 6.45) is 6.38. The van der Waals surface area contributed by atoms with Crippen LogP contribution in [-0.2, 0) is 40.4 Å². The second-order valence-electron chi connectivity index (χ2n) is 11.1. The Labute approximate surface area is 257 Å². The molecular formula is C30H60O3PtSi4. The SMILES string of the molecule is C=CC[Si](C)(C)c1c(C[Si](OCC)(OCC)OCC)c[c-]([Si](C)(C)CC=C)c1[Si](C)(C)CC=C.[CH3-].[CH3-].[CH3-].[Pt+4]. The third-order valence-corrected chi connectivity index (χ3v) is 19.8. The van der Waals surface area contributed by atoms with Gasteiger partial charge in [0, 0.05) is 36.0 Å². The van der Waals surface area contributed by atoms with E-state index in [1.54, 1.807) is 15.6 Å². The number of allylic oxidation sites excluding steroid dienone is 3. The van der Waals surface area contributed by atoms with Crippen LogP contribution in [0.5, 0.6) is 0 Å². The Hall–Kier alpha value is 0.00584. The van der Waals surface area contributed by atoms with E-state index in [1.165, 1.54) is 5.56 Å². The Morgan fingerprint density at radius 3 is 1.47 bits per heavy atom. The Bertz CT molecular complexity index is 815. The minimum absolute atomic E-state index is 0. The van der Waals surface area contributed by atoms with Crippen molar-refractivity contribution < 1.29 is 34.3 Å². The van der Waals surface area contributed by atoms with Gasteiger partial charge in [-0.3, -0.25) is 0 Å². The van der Waals surface area contributed by atoms with Crippen LogP contribution in [0.15, 0.2) is 44.0 Å². The van der Waals surface area contributed by atoms with Crippen LogP contribution in [0.2, 0.25) is 57.4 Å². The minimum atomic E-state index is -2.85. The van der Waals surface area contributed by atoms with Gasteiger partial charge in [0.05, 0.1) is 8.07 Å². The van der Waals surface area contributed by atoms with E-state index in [2.05, 4.69) is 83.3 Å². The zero-order chi connectivity index (χ0) is 26.2. The molecule has 0 bridgehead atoms. The predicted octanol–water partition coefficient (Wildman–Crippen LogP) is 7.19. The van der Waals surface area contributed by atoms with Crippen molar-refractivity contribution in [2.45, 2.75) is 84.2 Å². The van der Waals surface area contributed by atoms with Crippen LogP contribution in [0.4, 0.5) is 0 Å². The number of hydrogen-bond donors (Lipinski definition) is 0. The molecule has 0 unspecified atom stereocenters. The largest absolute Gasteiger partial charge is 4.00 e. The average molecular weight is 776 g/mol. The molecule has 38 heavy (non-hydrogen) atoms. The van der Waals surface area contributed by atoms with Gasteiger partial charge in [-0.25, -0.2) is 0 Å². The zero-order valence-electron chi connectivity index (χ0n) is 26.9. The van der Waals surface area contributed by atoms with Gasteiger partial charge in [-0.05, 0) is 44.9 Å². The van der Waals surface area contributed by atoms with Gasteiger partial charge in [0.2, 0.25) is 0 Å². The maximum absolute atomic E-state index is 6.34. The van der Waals surface area contributed by atoms with Crippen molar-refractivity contribution in [3.63, 3.8) is 0 Å². The molecule has 0 spiro atoms. The molecule has 1 rings (SSSR count). The third-order valence-electron chi connectivity index (χ3n) is 6.71. The molecule has 0 amide bonds. The molecule has 0 saturated heterocycles. The fourth-order valence-electron chi connectivity index (χ4n) is 5.33. The molecule has 0 aliphatic carbocycles. The van der Waals surface area contributed by atoms with Crippen molar-refractivity contribution >= 4 is 48.6 Å². The fourth-order valence-corrected chi connectivity index (χ4v) is 20.0. The summed E-state index contributed by atoms with van der Waals surface area (Å²) in [6, 6.07) is 6.52. The first kappa shape index (κ1) is 45.0. The molecule has 0 saturated carbocycles. The van der Waals surface area contributed by atoms with Crippen molar-refractivity contribution in [2.75, 3.05) is 19.8 Å². The molecule has 0 aliphatic rings. The summed E-state index contributed by atoms with van der Waals surface area (Å²) in [5, 5.41) is 4.93. The van der Waals surface area contributed by atoms with Crippen LogP contribution in [-0.4, -0.2) is 52.8 Å². The second-order valence-corrected chi connectivity index (χ2v) is 27.8. The Morgan fingerprint density at radius 2 is 1.11 bits per heavy atom. The maximum Gasteiger partial charge on any atom is 4.00 e. The molecular weight excluding hydrogens is 716 g/mol. The molecule has 0 aliphatic heterocycles. The summed E-state index contributed by atoms with van der Waals surface area (Å²) in [5.41, 5.74) is 1.42. The normalized spacial score (nSPS) is 11.8. The van der Waals surface area contributed by atoms with Crippen molar-refractivity contribution in [3.8, 4) is 0 Å². The van der Waals surface area contributed by atoms with Gasteiger partial charge in [-0.2, -0.15) is 27.2 Å². The van der Waals surface area contributed by atoms with Crippen LogP contribution in [0.3, 0.4) is 0 Å². The molecule has 1 aromatic rings. The summed E-state index contributed by atoms with van der Waals surface area (Å²) in [4.78, 5) is 0. The van der Waals surface area contributed by atoms with Crippen LogP contribution in [0.1, 0.15) is 26.3 Å². The van der Waals surface area contributed by atoms with Crippen LogP contribution in [0, 0.1) is 22.3 Å². The maximum atomic E-state index is 6.34. The number of hydrogen-bond acceptors (Lipinski definition) is 3. The Kier molecular flexibility index (Phi) is 22.7. The van der Waals surface area contributed by atoms with E-state index < -0.39 is 33.0 Å². The predicted molar refractivity (Wildman–Crippen MR) is 182 cm³/mol. The third kappa shape index (κ3) is 11.1. The first-order valence-corrected chi connectivity index (χ1v) is 24.4. The van der Waals surface area contributed by atoms with Crippen molar-refractivity contribution in [1.29, 1.82) is 0 Å². The molecule has 224 valence electrons. The van der Waals surface area contributed by atoms with E-state index in [9.17, 15) is 0 Å². The summed E-state index contributed by atoms with van der Waals surface area (Å²) < 4.78 is 19.0. The van der Waals surface area contributed by atoms with E-state index in [0.717, 1.165) is 24.2 Å². The van der Waals surface area contributed by atoms with E-state index in [-0.39, 0.29) is 43.3 Å². The van der Waals surface area contributed by atoms with Crippen LogP contribution >= 0.6 is 0 Å². The second kappa shape index (κ2) is 19.2. The van der Waals surface area contributed by atoms with E-state index in [1.807, 2.05) is 20.8 Å².